The topological polar surface area (TPSA) is 62.8 Å². The van der Waals surface area contributed by atoms with Crippen molar-refractivity contribution in [3.8, 4) is 11.5 Å². The molecule has 2 rings (SSSR count). The van der Waals surface area contributed by atoms with Crippen LogP contribution in [0.5, 0.6) is 11.5 Å². The SMILES string of the molecule is CC(C)Oc1ccc(NC(=O)NCc2cccc(OCCN(C)C)c2)cc1. The molecule has 0 atom stereocenters. The highest BCUT2D eigenvalue weighted by Crippen LogP contribution is 2.17. The van der Waals surface area contributed by atoms with E-state index in [0.29, 0.717) is 18.8 Å². The lowest BCUT2D eigenvalue weighted by Crippen LogP contribution is -2.28. The quantitative estimate of drug-likeness (QED) is 0.705. The molecule has 0 aliphatic heterocycles. The van der Waals surface area contributed by atoms with Gasteiger partial charge in [-0.05, 0) is 69.9 Å². The summed E-state index contributed by atoms with van der Waals surface area (Å²) in [6.45, 7) is 5.85. The number of likely N-dealkylation sites (N-methyl/N-ethyl adjacent to an activating group) is 1. The van der Waals surface area contributed by atoms with Crippen LogP contribution >= 0.6 is 0 Å². The minimum atomic E-state index is -0.258. The standard InChI is InChI=1S/C21H29N3O3/c1-16(2)27-19-10-8-18(9-11-19)23-21(25)22-15-17-6-5-7-20(14-17)26-13-12-24(3)4/h5-11,14,16H,12-13,15H2,1-4H3,(H2,22,23,25). The minimum Gasteiger partial charge on any atom is -0.492 e. The first-order chi connectivity index (χ1) is 12.9. The summed E-state index contributed by atoms with van der Waals surface area (Å²) in [7, 11) is 4.01. The van der Waals surface area contributed by atoms with Gasteiger partial charge in [0.25, 0.3) is 0 Å². The normalized spacial score (nSPS) is 10.7. The summed E-state index contributed by atoms with van der Waals surface area (Å²) in [6, 6.07) is 14.8. The molecule has 0 heterocycles. The fraction of sp³-hybridized carbons (Fsp3) is 0.381. The molecule has 6 nitrogen and oxygen atoms in total. The van der Waals surface area contributed by atoms with E-state index in [2.05, 4.69) is 15.5 Å². The highest BCUT2D eigenvalue weighted by molar-refractivity contribution is 5.89. The van der Waals surface area contributed by atoms with Gasteiger partial charge in [0.15, 0.2) is 0 Å². The molecule has 6 heteroatoms. The van der Waals surface area contributed by atoms with Crippen molar-refractivity contribution in [2.24, 2.45) is 0 Å². The van der Waals surface area contributed by atoms with Gasteiger partial charge in [-0.2, -0.15) is 0 Å². The second kappa shape index (κ2) is 10.4. The van der Waals surface area contributed by atoms with Crippen LogP contribution in [0.1, 0.15) is 19.4 Å². The maximum absolute atomic E-state index is 12.1. The molecule has 0 aromatic heterocycles. The zero-order chi connectivity index (χ0) is 19.6. The summed E-state index contributed by atoms with van der Waals surface area (Å²) in [4.78, 5) is 14.2. The molecule has 0 saturated heterocycles. The first-order valence-corrected chi connectivity index (χ1v) is 9.10. The summed E-state index contributed by atoms with van der Waals surface area (Å²) < 4.78 is 11.3. The molecule has 0 bridgehead atoms. The largest absolute Gasteiger partial charge is 0.492 e. The van der Waals surface area contributed by atoms with Gasteiger partial charge in [0.05, 0.1) is 6.10 Å². The predicted molar refractivity (Wildman–Crippen MR) is 109 cm³/mol. The molecule has 2 N–H and O–H groups in total. The summed E-state index contributed by atoms with van der Waals surface area (Å²) in [5.74, 6) is 1.58. The number of rotatable bonds is 9. The fourth-order valence-electron chi connectivity index (χ4n) is 2.34. The number of carbonyl (C=O) groups is 1. The number of ether oxygens (including phenoxy) is 2. The van der Waals surface area contributed by atoms with Crippen LogP contribution in [-0.4, -0.2) is 44.3 Å². The number of nitrogens with one attached hydrogen (secondary N) is 2. The third kappa shape index (κ3) is 8.00. The Bertz CT molecular complexity index is 715. The number of benzene rings is 2. The Balaban J connectivity index is 1.79. The number of carbonyl (C=O) groups excluding carboxylic acids is 1. The molecule has 27 heavy (non-hydrogen) atoms. The van der Waals surface area contributed by atoms with E-state index in [1.54, 1.807) is 0 Å². The molecule has 0 saturated carbocycles. The number of anilines is 1. The van der Waals surface area contributed by atoms with Crippen LogP contribution < -0.4 is 20.1 Å². The van der Waals surface area contributed by atoms with Crippen molar-refractivity contribution >= 4 is 11.7 Å². The van der Waals surface area contributed by atoms with Gasteiger partial charge >= 0.3 is 6.03 Å². The minimum absolute atomic E-state index is 0.120. The van der Waals surface area contributed by atoms with E-state index in [4.69, 9.17) is 9.47 Å². The van der Waals surface area contributed by atoms with E-state index < -0.39 is 0 Å². The lowest BCUT2D eigenvalue weighted by molar-refractivity contribution is 0.242. The van der Waals surface area contributed by atoms with Crippen LogP contribution in [0.3, 0.4) is 0 Å². The second-order valence-electron chi connectivity index (χ2n) is 6.80. The van der Waals surface area contributed by atoms with Gasteiger partial charge in [-0.25, -0.2) is 4.79 Å². The van der Waals surface area contributed by atoms with E-state index in [9.17, 15) is 4.79 Å². The Hall–Kier alpha value is -2.73. The molecular formula is C21H29N3O3. The Morgan fingerprint density at radius 3 is 2.48 bits per heavy atom. The fourth-order valence-corrected chi connectivity index (χ4v) is 2.34. The van der Waals surface area contributed by atoms with E-state index in [1.165, 1.54) is 0 Å². The van der Waals surface area contributed by atoms with Crippen LogP contribution in [0.4, 0.5) is 10.5 Å². The summed E-state index contributed by atoms with van der Waals surface area (Å²) in [5.41, 5.74) is 1.69. The molecule has 0 unspecified atom stereocenters. The molecule has 146 valence electrons. The number of amides is 2. The van der Waals surface area contributed by atoms with Crippen LogP contribution in [0.15, 0.2) is 48.5 Å². The molecule has 2 aromatic carbocycles. The number of urea groups is 1. The summed E-state index contributed by atoms with van der Waals surface area (Å²) in [6.07, 6.45) is 0.120. The average Bonchev–Trinajstić information content (AvgIpc) is 2.61. The molecule has 0 aliphatic rings. The third-order valence-electron chi connectivity index (χ3n) is 3.64. The molecule has 2 aromatic rings. The third-order valence-corrected chi connectivity index (χ3v) is 3.64. The Morgan fingerprint density at radius 2 is 1.81 bits per heavy atom. The van der Waals surface area contributed by atoms with E-state index in [1.807, 2.05) is 76.5 Å². The van der Waals surface area contributed by atoms with Crippen molar-refractivity contribution < 1.29 is 14.3 Å². The average molecular weight is 371 g/mol. The Kier molecular flexibility index (Phi) is 7.95. The highest BCUT2D eigenvalue weighted by Gasteiger charge is 2.04. The van der Waals surface area contributed by atoms with Crippen molar-refractivity contribution in [2.75, 3.05) is 32.6 Å². The first-order valence-electron chi connectivity index (χ1n) is 9.10. The zero-order valence-electron chi connectivity index (χ0n) is 16.5. The molecular weight excluding hydrogens is 342 g/mol. The number of hydrogen-bond acceptors (Lipinski definition) is 4. The Morgan fingerprint density at radius 1 is 1.07 bits per heavy atom. The van der Waals surface area contributed by atoms with Crippen molar-refractivity contribution in [3.05, 3.63) is 54.1 Å². The second-order valence-corrected chi connectivity index (χ2v) is 6.80. The molecule has 0 radical (unpaired) electrons. The maximum Gasteiger partial charge on any atom is 0.319 e. The van der Waals surface area contributed by atoms with E-state index >= 15 is 0 Å². The van der Waals surface area contributed by atoms with Gasteiger partial charge in [0.1, 0.15) is 18.1 Å². The zero-order valence-corrected chi connectivity index (χ0v) is 16.5. The van der Waals surface area contributed by atoms with Gasteiger partial charge in [0.2, 0.25) is 0 Å². The van der Waals surface area contributed by atoms with Crippen molar-refractivity contribution in [1.29, 1.82) is 0 Å². The van der Waals surface area contributed by atoms with Gasteiger partial charge in [-0.15, -0.1) is 0 Å². The number of nitrogens with zero attached hydrogens (tertiary/aromatic N) is 1. The van der Waals surface area contributed by atoms with Gasteiger partial charge in [-0.1, -0.05) is 12.1 Å². The lowest BCUT2D eigenvalue weighted by atomic mass is 10.2. The molecule has 0 spiro atoms. The summed E-state index contributed by atoms with van der Waals surface area (Å²) >= 11 is 0. The van der Waals surface area contributed by atoms with Crippen LogP contribution in [0, 0.1) is 0 Å². The molecule has 0 fully saturated rings. The first kappa shape index (κ1) is 20.6. The smallest absolute Gasteiger partial charge is 0.319 e. The molecule has 0 aliphatic carbocycles. The van der Waals surface area contributed by atoms with Gasteiger partial charge in [-0.3, -0.25) is 0 Å². The van der Waals surface area contributed by atoms with E-state index in [-0.39, 0.29) is 12.1 Å². The Labute approximate surface area is 161 Å². The monoisotopic (exact) mass is 371 g/mol. The van der Waals surface area contributed by atoms with Crippen molar-refractivity contribution in [2.45, 2.75) is 26.5 Å². The molecule has 2 amide bonds. The van der Waals surface area contributed by atoms with Crippen molar-refractivity contribution in [1.82, 2.24) is 10.2 Å². The lowest BCUT2D eigenvalue weighted by Gasteiger charge is -2.12. The van der Waals surface area contributed by atoms with Crippen LogP contribution in [0.25, 0.3) is 0 Å². The maximum atomic E-state index is 12.1. The van der Waals surface area contributed by atoms with Crippen LogP contribution in [-0.2, 0) is 6.54 Å². The van der Waals surface area contributed by atoms with Crippen LogP contribution in [0.2, 0.25) is 0 Å². The van der Waals surface area contributed by atoms with Gasteiger partial charge < -0.3 is 25.0 Å². The van der Waals surface area contributed by atoms with Gasteiger partial charge in [0, 0.05) is 18.8 Å². The highest BCUT2D eigenvalue weighted by atomic mass is 16.5. The summed E-state index contributed by atoms with van der Waals surface area (Å²) in [5, 5.41) is 5.66. The van der Waals surface area contributed by atoms with E-state index in [0.717, 1.165) is 23.6 Å². The van der Waals surface area contributed by atoms with Crippen molar-refractivity contribution in [3.63, 3.8) is 0 Å². The predicted octanol–water partition coefficient (Wildman–Crippen LogP) is 3.74. The number of hydrogen-bond donors (Lipinski definition) is 2.